The monoisotopic (exact) mass is 189 g/mol. The van der Waals surface area contributed by atoms with Crippen LogP contribution in [0.25, 0.3) is 0 Å². The molecule has 3 nitrogen and oxygen atoms in total. The molecule has 0 heterocycles. The molecule has 1 rings (SSSR count). The van der Waals surface area contributed by atoms with Crippen molar-refractivity contribution in [2.24, 2.45) is 5.73 Å². The van der Waals surface area contributed by atoms with Crippen molar-refractivity contribution in [3.05, 3.63) is 35.1 Å². The summed E-state index contributed by atoms with van der Waals surface area (Å²) in [5, 5.41) is 16.9. The molecule has 0 unspecified atom stereocenters. The van der Waals surface area contributed by atoms with E-state index in [4.69, 9.17) is 16.3 Å². The molecule has 0 aliphatic heterocycles. The second-order valence-electron chi connectivity index (χ2n) is 2.82. The first kappa shape index (κ1) is 10.2. The van der Waals surface area contributed by atoms with Crippen molar-refractivity contribution >= 4 is 0 Å². The fourth-order valence-corrected chi connectivity index (χ4v) is 1.11. The summed E-state index contributed by atoms with van der Waals surface area (Å²) in [6.07, 6.45) is 0.0584. The molecule has 0 bridgehead atoms. The Labute approximate surface area is 81.2 Å². The predicted octanol–water partition coefficient (Wildman–Crippen LogP) is 1.61. The zero-order chi connectivity index (χ0) is 10.6. The quantitative estimate of drug-likeness (QED) is 0.768. The highest BCUT2D eigenvalue weighted by atomic mass is 19.1. The van der Waals surface area contributed by atoms with Gasteiger partial charge in [-0.15, -0.1) is 0 Å². The summed E-state index contributed by atoms with van der Waals surface area (Å²) in [5.74, 6) is -0.535. The van der Waals surface area contributed by atoms with E-state index in [9.17, 15) is 4.39 Å². The standard InChI is InChI=1S/C10H8FN3/c11-9-5-7(6-13)1-2-8(9)10(14)3-4-12/h1-2,5,10H,3,14H2/t10-/m1/s1. The number of nitrogens with zero attached hydrogens (tertiary/aromatic N) is 2. The number of nitriles is 2. The summed E-state index contributed by atoms with van der Waals surface area (Å²) in [5.41, 5.74) is 6.07. The molecule has 0 saturated heterocycles. The highest BCUT2D eigenvalue weighted by molar-refractivity contribution is 5.34. The summed E-state index contributed by atoms with van der Waals surface area (Å²) >= 11 is 0. The Morgan fingerprint density at radius 1 is 1.43 bits per heavy atom. The summed E-state index contributed by atoms with van der Waals surface area (Å²) in [4.78, 5) is 0. The van der Waals surface area contributed by atoms with Crippen LogP contribution in [0, 0.1) is 28.5 Å². The van der Waals surface area contributed by atoms with Crippen LogP contribution in [-0.4, -0.2) is 0 Å². The molecule has 0 amide bonds. The molecule has 0 saturated carbocycles. The Hall–Kier alpha value is -1.91. The molecule has 1 aromatic rings. The summed E-state index contributed by atoms with van der Waals surface area (Å²) in [7, 11) is 0. The molecule has 1 atom stereocenters. The molecule has 0 spiro atoms. The van der Waals surface area contributed by atoms with Crippen LogP contribution >= 0.6 is 0 Å². The van der Waals surface area contributed by atoms with Gasteiger partial charge in [0.2, 0.25) is 0 Å². The third-order valence-electron chi connectivity index (χ3n) is 1.84. The molecular weight excluding hydrogens is 181 g/mol. The van der Waals surface area contributed by atoms with Gasteiger partial charge in [0, 0.05) is 11.6 Å². The number of nitrogens with two attached hydrogens (primary N) is 1. The highest BCUT2D eigenvalue weighted by Crippen LogP contribution is 2.18. The van der Waals surface area contributed by atoms with Gasteiger partial charge in [-0.2, -0.15) is 10.5 Å². The Kier molecular flexibility index (Phi) is 3.17. The minimum Gasteiger partial charge on any atom is -0.323 e. The fraction of sp³-hybridized carbons (Fsp3) is 0.200. The molecule has 14 heavy (non-hydrogen) atoms. The van der Waals surface area contributed by atoms with Crippen LogP contribution in [0.15, 0.2) is 18.2 Å². The lowest BCUT2D eigenvalue weighted by molar-refractivity contribution is 0.584. The molecule has 1 aromatic carbocycles. The van der Waals surface area contributed by atoms with E-state index in [1.165, 1.54) is 12.1 Å². The topological polar surface area (TPSA) is 73.6 Å². The van der Waals surface area contributed by atoms with Gasteiger partial charge in [-0.25, -0.2) is 4.39 Å². The molecule has 0 aliphatic carbocycles. The van der Waals surface area contributed by atoms with Crippen LogP contribution in [0.1, 0.15) is 23.6 Å². The molecule has 0 fully saturated rings. The minimum absolute atomic E-state index is 0.0584. The molecule has 0 aromatic heterocycles. The average Bonchev–Trinajstić information content (AvgIpc) is 2.17. The van der Waals surface area contributed by atoms with Crippen molar-refractivity contribution < 1.29 is 4.39 Å². The maximum Gasteiger partial charge on any atom is 0.129 e. The van der Waals surface area contributed by atoms with E-state index in [1.54, 1.807) is 0 Å². The zero-order valence-electron chi connectivity index (χ0n) is 7.37. The Bertz CT molecular complexity index is 414. The first-order valence-electron chi connectivity index (χ1n) is 4.01. The van der Waals surface area contributed by atoms with Gasteiger partial charge in [-0.1, -0.05) is 6.07 Å². The summed E-state index contributed by atoms with van der Waals surface area (Å²) in [6, 6.07) is 7.09. The zero-order valence-corrected chi connectivity index (χ0v) is 7.37. The maximum absolute atomic E-state index is 13.3. The van der Waals surface area contributed by atoms with E-state index < -0.39 is 11.9 Å². The van der Waals surface area contributed by atoms with Crippen LogP contribution in [0.3, 0.4) is 0 Å². The molecule has 70 valence electrons. The maximum atomic E-state index is 13.3. The largest absolute Gasteiger partial charge is 0.323 e. The third kappa shape index (κ3) is 2.07. The van der Waals surface area contributed by atoms with Gasteiger partial charge in [0.25, 0.3) is 0 Å². The Balaban J connectivity index is 3.02. The van der Waals surface area contributed by atoms with E-state index in [-0.39, 0.29) is 17.5 Å². The lowest BCUT2D eigenvalue weighted by Crippen LogP contribution is -2.11. The van der Waals surface area contributed by atoms with Crippen LogP contribution in [-0.2, 0) is 0 Å². The van der Waals surface area contributed by atoms with Crippen molar-refractivity contribution in [1.82, 2.24) is 0 Å². The molecule has 4 heteroatoms. The van der Waals surface area contributed by atoms with Crippen molar-refractivity contribution in [2.75, 3.05) is 0 Å². The van der Waals surface area contributed by atoms with Gasteiger partial charge in [-0.05, 0) is 12.1 Å². The number of hydrogen-bond acceptors (Lipinski definition) is 3. The van der Waals surface area contributed by atoms with Crippen LogP contribution < -0.4 is 5.73 Å². The SMILES string of the molecule is N#CC[C@@H](N)c1ccc(C#N)cc1F. The first-order valence-corrected chi connectivity index (χ1v) is 4.01. The van der Waals surface area contributed by atoms with E-state index >= 15 is 0 Å². The van der Waals surface area contributed by atoms with Crippen LogP contribution in [0.4, 0.5) is 4.39 Å². The minimum atomic E-state index is -0.632. The van der Waals surface area contributed by atoms with E-state index in [1.807, 2.05) is 12.1 Å². The van der Waals surface area contributed by atoms with Crippen molar-refractivity contribution in [3.63, 3.8) is 0 Å². The summed E-state index contributed by atoms with van der Waals surface area (Å²) in [6.45, 7) is 0. The van der Waals surface area contributed by atoms with Gasteiger partial charge in [0.05, 0.1) is 24.1 Å². The first-order chi connectivity index (χ1) is 6.69. The lowest BCUT2D eigenvalue weighted by Gasteiger charge is -2.08. The van der Waals surface area contributed by atoms with Crippen LogP contribution in [0.5, 0.6) is 0 Å². The number of halogens is 1. The van der Waals surface area contributed by atoms with Crippen LogP contribution in [0.2, 0.25) is 0 Å². The predicted molar refractivity (Wildman–Crippen MR) is 48.3 cm³/mol. The van der Waals surface area contributed by atoms with E-state index in [0.29, 0.717) is 0 Å². The van der Waals surface area contributed by atoms with Crippen molar-refractivity contribution in [3.8, 4) is 12.1 Å². The van der Waals surface area contributed by atoms with Crippen molar-refractivity contribution in [1.29, 1.82) is 10.5 Å². The summed E-state index contributed by atoms with van der Waals surface area (Å²) < 4.78 is 13.3. The van der Waals surface area contributed by atoms with Gasteiger partial charge in [0.1, 0.15) is 5.82 Å². The van der Waals surface area contributed by atoms with Gasteiger partial charge in [0.15, 0.2) is 0 Å². The average molecular weight is 189 g/mol. The molecular formula is C10H8FN3. The molecule has 0 radical (unpaired) electrons. The second-order valence-corrected chi connectivity index (χ2v) is 2.82. The van der Waals surface area contributed by atoms with E-state index in [0.717, 1.165) is 6.07 Å². The Morgan fingerprint density at radius 3 is 2.64 bits per heavy atom. The molecule has 2 N–H and O–H groups in total. The number of rotatable bonds is 2. The van der Waals surface area contributed by atoms with E-state index in [2.05, 4.69) is 0 Å². The second kappa shape index (κ2) is 4.36. The van der Waals surface area contributed by atoms with Gasteiger partial charge in [-0.3, -0.25) is 0 Å². The third-order valence-corrected chi connectivity index (χ3v) is 1.84. The van der Waals surface area contributed by atoms with Crippen molar-refractivity contribution in [2.45, 2.75) is 12.5 Å². The highest BCUT2D eigenvalue weighted by Gasteiger charge is 2.11. The number of benzene rings is 1. The lowest BCUT2D eigenvalue weighted by atomic mass is 10.0. The van der Waals surface area contributed by atoms with Gasteiger partial charge >= 0.3 is 0 Å². The number of hydrogen-bond donors (Lipinski definition) is 1. The van der Waals surface area contributed by atoms with Gasteiger partial charge < -0.3 is 5.73 Å². The Morgan fingerprint density at radius 2 is 2.14 bits per heavy atom. The fourth-order valence-electron chi connectivity index (χ4n) is 1.11. The normalized spacial score (nSPS) is 11.4. The smallest absolute Gasteiger partial charge is 0.129 e. The molecule has 0 aliphatic rings.